The van der Waals surface area contributed by atoms with E-state index in [-0.39, 0.29) is 5.41 Å². The van der Waals surface area contributed by atoms with Gasteiger partial charge in [-0.15, -0.1) is 0 Å². The number of hydrogen-bond donors (Lipinski definition) is 0. The summed E-state index contributed by atoms with van der Waals surface area (Å²) in [6.07, 6.45) is 1.66. The van der Waals surface area contributed by atoms with E-state index in [2.05, 4.69) is 57.7 Å². The fourth-order valence-corrected chi connectivity index (χ4v) is 3.44. The van der Waals surface area contributed by atoms with E-state index < -0.39 is 0 Å². The molecule has 0 saturated carbocycles. The van der Waals surface area contributed by atoms with Crippen molar-refractivity contribution in [2.24, 2.45) is 0 Å². The summed E-state index contributed by atoms with van der Waals surface area (Å²) in [5.74, 6) is 0.569. The number of anilines is 1. The number of benzene rings is 1. The van der Waals surface area contributed by atoms with Crippen LogP contribution in [0.1, 0.15) is 58.1 Å². The summed E-state index contributed by atoms with van der Waals surface area (Å²) in [7, 11) is 0. The maximum absolute atomic E-state index is 5.76. The first-order chi connectivity index (χ1) is 9.36. The van der Waals surface area contributed by atoms with Crippen molar-refractivity contribution in [3.05, 3.63) is 29.3 Å². The van der Waals surface area contributed by atoms with Crippen LogP contribution in [0.5, 0.6) is 0 Å². The SMILES string of the molecule is CC(C)c1ccc(C(C)(C)C)cc1N1CC2CC1CO2. The summed E-state index contributed by atoms with van der Waals surface area (Å²) in [4.78, 5) is 2.60. The van der Waals surface area contributed by atoms with Crippen LogP contribution in [0.3, 0.4) is 0 Å². The Morgan fingerprint density at radius 3 is 2.50 bits per heavy atom. The van der Waals surface area contributed by atoms with Gasteiger partial charge >= 0.3 is 0 Å². The van der Waals surface area contributed by atoms with Crippen LogP contribution < -0.4 is 4.90 Å². The minimum atomic E-state index is 0.208. The normalized spacial score (nSPS) is 25.8. The summed E-state index contributed by atoms with van der Waals surface area (Å²) in [6.45, 7) is 13.4. The smallest absolute Gasteiger partial charge is 0.0771 e. The van der Waals surface area contributed by atoms with Gasteiger partial charge in [0.2, 0.25) is 0 Å². The van der Waals surface area contributed by atoms with Gasteiger partial charge in [0.15, 0.2) is 0 Å². The lowest BCUT2D eigenvalue weighted by atomic mass is 9.85. The summed E-state index contributed by atoms with van der Waals surface area (Å²) in [6, 6.07) is 7.67. The number of morpholine rings is 1. The Balaban J connectivity index is 2.02. The molecule has 0 aliphatic carbocycles. The van der Waals surface area contributed by atoms with Crippen LogP contribution in [0.25, 0.3) is 0 Å². The second-order valence-electron chi connectivity index (χ2n) is 7.68. The number of rotatable bonds is 2. The fraction of sp³-hybridized carbons (Fsp3) is 0.667. The molecule has 0 aromatic heterocycles. The molecule has 2 fully saturated rings. The van der Waals surface area contributed by atoms with Crippen LogP contribution in [-0.2, 0) is 10.2 Å². The van der Waals surface area contributed by atoms with Crippen molar-refractivity contribution in [2.75, 3.05) is 18.1 Å². The fourth-order valence-electron chi connectivity index (χ4n) is 3.44. The summed E-state index contributed by atoms with van der Waals surface area (Å²) < 4.78 is 5.76. The molecule has 2 atom stereocenters. The highest BCUT2D eigenvalue weighted by molar-refractivity contribution is 5.59. The highest BCUT2D eigenvalue weighted by Crippen LogP contribution is 2.39. The maximum atomic E-state index is 5.76. The molecule has 0 spiro atoms. The van der Waals surface area contributed by atoms with Crippen molar-refractivity contribution in [3.63, 3.8) is 0 Å². The molecule has 110 valence electrons. The molecule has 1 aromatic carbocycles. The molecular formula is C18H27NO. The first kappa shape index (κ1) is 13.9. The highest BCUT2D eigenvalue weighted by Gasteiger charge is 2.40. The van der Waals surface area contributed by atoms with Crippen LogP contribution in [-0.4, -0.2) is 25.3 Å². The molecule has 2 aliphatic rings. The lowest BCUT2D eigenvalue weighted by molar-refractivity contribution is 0.0990. The molecule has 0 radical (unpaired) electrons. The van der Waals surface area contributed by atoms with E-state index in [1.165, 1.54) is 23.2 Å². The predicted molar refractivity (Wildman–Crippen MR) is 84.7 cm³/mol. The van der Waals surface area contributed by atoms with Gasteiger partial charge in [-0.05, 0) is 34.9 Å². The van der Waals surface area contributed by atoms with Crippen molar-refractivity contribution in [1.82, 2.24) is 0 Å². The summed E-state index contributed by atoms with van der Waals surface area (Å²) in [5.41, 5.74) is 4.56. The van der Waals surface area contributed by atoms with Crippen molar-refractivity contribution in [2.45, 2.75) is 64.5 Å². The van der Waals surface area contributed by atoms with E-state index in [9.17, 15) is 0 Å². The average molecular weight is 273 g/mol. The largest absolute Gasteiger partial charge is 0.374 e. The highest BCUT2D eigenvalue weighted by atomic mass is 16.5. The Bertz CT molecular complexity index is 501. The van der Waals surface area contributed by atoms with E-state index in [0.29, 0.717) is 18.1 Å². The molecule has 0 N–H and O–H groups in total. The van der Waals surface area contributed by atoms with Gasteiger partial charge in [0.25, 0.3) is 0 Å². The second-order valence-corrected chi connectivity index (χ2v) is 7.68. The lowest BCUT2D eigenvalue weighted by Crippen LogP contribution is -2.37. The maximum Gasteiger partial charge on any atom is 0.0771 e. The predicted octanol–water partition coefficient (Wildman–Crippen LogP) is 4.09. The molecule has 2 aliphatic heterocycles. The number of nitrogens with zero attached hydrogens (tertiary/aromatic N) is 1. The molecule has 2 heterocycles. The molecule has 2 saturated heterocycles. The van der Waals surface area contributed by atoms with Gasteiger partial charge in [-0.3, -0.25) is 0 Å². The van der Waals surface area contributed by atoms with Crippen LogP contribution in [0, 0.1) is 0 Å². The zero-order chi connectivity index (χ0) is 14.5. The van der Waals surface area contributed by atoms with Crippen LogP contribution in [0.4, 0.5) is 5.69 Å². The Morgan fingerprint density at radius 1 is 1.25 bits per heavy atom. The van der Waals surface area contributed by atoms with Gasteiger partial charge < -0.3 is 9.64 Å². The summed E-state index contributed by atoms with van der Waals surface area (Å²) >= 11 is 0. The van der Waals surface area contributed by atoms with Crippen molar-refractivity contribution in [3.8, 4) is 0 Å². The minimum Gasteiger partial charge on any atom is -0.374 e. The van der Waals surface area contributed by atoms with Gasteiger partial charge in [-0.1, -0.05) is 46.8 Å². The number of ether oxygens (including phenoxy) is 1. The monoisotopic (exact) mass is 273 g/mol. The molecule has 3 rings (SSSR count). The van der Waals surface area contributed by atoms with Crippen LogP contribution >= 0.6 is 0 Å². The van der Waals surface area contributed by atoms with Crippen LogP contribution in [0.2, 0.25) is 0 Å². The Kier molecular flexibility index (Phi) is 3.32. The molecular weight excluding hydrogens is 246 g/mol. The van der Waals surface area contributed by atoms with Gasteiger partial charge in [0, 0.05) is 12.2 Å². The zero-order valence-electron chi connectivity index (χ0n) is 13.4. The first-order valence-electron chi connectivity index (χ1n) is 7.89. The van der Waals surface area contributed by atoms with E-state index >= 15 is 0 Å². The third-order valence-electron chi connectivity index (χ3n) is 4.73. The number of hydrogen-bond acceptors (Lipinski definition) is 2. The number of fused-ring (bicyclic) bond motifs is 2. The van der Waals surface area contributed by atoms with Crippen molar-refractivity contribution >= 4 is 5.69 Å². The quantitative estimate of drug-likeness (QED) is 0.805. The molecule has 0 amide bonds. The Morgan fingerprint density at radius 2 is 2.00 bits per heavy atom. The Labute approximate surface area is 123 Å². The van der Waals surface area contributed by atoms with E-state index in [4.69, 9.17) is 4.74 Å². The van der Waals surface area contributed by atoms with E-state index in [1.807, 2.05) is 0 Å². The topological polar surface area (TPSA) is 12.5 Å². The standard InChI is InChI=1S/C18H27NO/c1-12(2)16-7-6-13(18(3,4)5)8-17(16)19-10-15-9-14(19)11-20-15/h6-8,12,14-15H,9-11H2,1-5H3. The van der Waals surface area contributed by atoms with Gasteiger partial charge in [0.1, 0.15) is 0 Å². The average Bonchev–Trinajstić information content (AvgIpc) is 2.99. The van der Waals surface area contributed by atoms with E-state index in [1.54, 1.807) is 0 Å². The molecule has 2 nitrogen and oxygen atoms in total. The second kappa shape index (κ2) is 4.77. The first-order valence-corrected chi connectivity index (χ1v) is 7.89. The molecule has 2 heteroatoms. The minimum absolute atomic E-state index is 0.208. The molecule has 2 bridgehead atoms. The van der Waals surface area contributed by atoms with Crippen LogP contribution in [0.15, 0.2) is 18.2 Å². The summed E-state index contributed by atoms with van der Waals surface area (Å²) in [5, 5.41) is 0. The van der Waals surface area contributed by atoms with Gasteiger partial charge in [-0.2, -0.15) is 0 Å². The molecule has 1 aromatic rings. The third-order valence-corrected chi connectivity index (χ3v) is 4.73. The van der Waals surface area contributed by atoms with Gasteiger partial charge in [0.05, 0.1) is 18.8 Å². The third kappa shape index (κ3) is 2.35. The zero-order valence-corrected chi connectivity index (χ0v) is 13.4. The molecule has 20 heavy (non-hydrogen) atoms. The Hall–Kier alpha value is -1.02. The lowest BCUT2D eigenvalue weighted by Gasteiger charge is -2.33. The van der Waals surface area contributed by atoms with Crippen molar-refractivity contribution < 1.29 is 4.74 Å². The molecule has 2 unspecified atom stereocenters. The van der Waals surface area contributed by atoms with E-state index in [0.717, 1.165) is 13.2 Å². The van der Waals surface area contributed by atoms with Crippen molar-refractivity contribution in [1.29, 1.82) is 0 Å². The van der Waals surface area contributed by atoms with Gasteiger partial charge in [-0.25, -0.2) is 0 Å².